The number of nitrogens with zero attached hydrogens (tertiary/aromatic N) is 5. The number of amides is 1. The van der Waals surface area contributed by atoms with E-state index in [4.69, 9.17) is 4.74 Å². The van der Waals surface area contributed by atoms with E-state index in [0.29, 0.717) is 16.7 Å². The number of aliphatic carboxylic acids is 1. The van der Waals surface area contributed by atoms with Crippen LogP contribution in [0.3, 0.4) is 0 Å². The van der Waals surface area contributed by atoms with Gasteiger partial charge in [-0.15, -0.1) is 16.9 Å². The number of thioether (sulfide) groups is 2. The molecule has 160 valence electrons. The molecule has 1 unspecified atom stereocenters. The highest BCUT2D eigenvalue weighted by Crippen LogP contribution is 2.50. The van der Waals surface area contributed by atoms with Gasteiger partial charge in [-0.25, -0.2) is 4.68 Å². The fourth-order valence-corrected chi connectivity index (χ4v) is 5.98. The van der Waals surface area contributed by atoms with Gasteiger partial charge in [0.1, 0.15) is 12.4 Å². The van der Waals surface area contributed by atoms with Gasteiger partial charge in [-0.3, -0.25) is 9.59 Å². The fourth-order valence-electron chi connectivity index (χ4n) is 3.48. The van der Waals surface area contributed by atoms with E-state index in [-0.39, 0.29) is 24.4 Å². The van der Waals surface area contributed by atoms with E-state index in [1.807, 2.05) is 12.1 Å². The van der Waals surface area contributed by atoms with Crippen LogP contribution in [0.5, 0.6) is 5.75 Å². The van der Waals surface area contributed by atoms with Crippen LogP contribution in [0, 0.1) is 5.92 Å². The summed E-state index contributed by atoms with van der Waals surface area (Å²) < 4.78 is 6.14. The number of carbonyl (C=O) groups is 2. The zero-order valence-electron chi connectivity index (χ0n) is 16.3. The molecule has 0 spiro atoms. The molecule has 1 aromatic carbocycles. The SMILES string of the molecule is C[C@@H](O)[C@H]1C(=O)N2CC(COc3ccc(CSc4nnnn4C)cc3)(C(=O)O)S[C@H]12. The molecule has 0 radical (unpaired) electrons. The summed E-state index contributed by atoms with van der Waals surface area (Å²) >= 11 is 2.69. The van der Waals surface area contributed by atoms with Crippen LogP contribution in [-0.4, -0.2) is 76.6 Å². The number of aliphatic hydroxyl groups is 1. The standard InChI is InChI=1S/C18H21N5O5S2/c1-10(24)13-14(25)23-8-18(16(26)27,30-15(13)23)9-28-12-5-3-11(4-6-12)7-29-17-19-20-21-22(17)2/h3-6,10,13,15,24H,7-9H2,1-2H3,(H,26,27)/t10-,13+,15-,18?/m1/s1. The van der Waals surface area contributed by atoms with E-state index in [9.17, 15) is 19.8 Å². The first-order valence-electron chi connectivity index (χ1n) is 9.27. The first-order chi connectivity index (χ1) is 14.3. The summed E-state index contributed by atoms with van der Waals surface area (Å²) in [4.78, 5) is 25.7. The van der Waals surface area contributed by atoms with Crippen molar-refractivity contribution in [1.82, 2.24) is 25.1 Å². The minimum Gasteiger partial charge on any atom is -0.491 e. The van der Waals surface area contributed by atoms with Gasteiger partial charge in [-0.05, 0) is 35.0 Å². The minimum atomic E-state index is -1.25. The molecule has 2 fully saturated rings. The topological polar surface area (TPSA) is 131 Å². The number of carboxylic acids is 1. The Kier molecular flexibility index (Phi) is 5.64. The minimum absolute atomic E-state index is 0.0696. The Morgan fingerprint density at radius 2 is 2.17 bits per heavy atom. The molecule has 1 aromatic heterocycles. The summed E-state index contributed by atoms with van der Waals surface area (Å²) in [7, 11) is 1.78. The molecular weight excluding hydrogens is 430 g/mol. The van der Waals surface area contributed by atoms with Crippen LogP contribution in [0.15, 0.2) is 29.4 Å². The van der Waals surface area contributed by atoms with E-state index in [1.54, 1.807) is 30.8 Å². The monoisotopic (exact) mass is 451 g/mol. The first kappa shape index (κ1) is 20.9. The predicted molar refractivity (Wildman–Crippen MR) is 109 cm³/mol. The highest BCUT2D eigenvalue weighted by molar-refractivity contribution is 8.02. The maximum Gasteiger partial charge on any atom is 0.325 e. The van der Waals surface area contributed by atoms with Gasteiger partial charge in [0.05, 0.1) is 23.9 Å². The van der Waals surface area contributed by atoms with Crippen LogP contribution in [0.1, 0.15) is 12.5 Å². The molecule has 2 aliphatic heterocycles. The van der Waals surface area contributed by atoms with E-state index in [2.05, 4.69) is 15.5 Å². The number of hydrogen-bond acceptors (Lipinski definition) is 9. The molecular formula is C18H21N5O5S2. The lowest BCUT2D eigenvalue weighted by Crippen LogP contribution is -2.60. The van der Waals surface area contributed by atoms with Crippen LogP contribution in [-0.2, 0) is 22.4 Å². The number of aryl methyl sites for hydroxylation is 1. The Labute approximate surface area is 181 Å². The van der Waals surface area contributed by atoms with Crippen molar-refractivity contribution in [2.45, 2.75) is 34.1 Å². The van der Waals surface area contributed by atoms with Crippen LogP contribution in [0.25, 0.3) is 0 Å². The third-order valence-corrected chi connectivity index (χ3v) is 7.95. The number of tetrazole rings is 1. The molecule has 3 heterocycles. The Morgan fingerprint density at radius 1 is 1.43 bits per heavy atom. The van der Waals surface area contributed by atoms with Crippen molar-refractivity contribution in [3.05, 3.63) is 29.8 Å². The number of ether oxygens (including phenoxy) is 1. The van der Waals surface area contributed by atoms with Crippen molar-refractivity contribution >= 4 is 35.4 Å². The van der Waals surface area contributed by atoms with Crippen molar-refractivity contribution in [1.29, 1.82) is 0 Å². The van der Waals surface area contributed by atoms with Crippen molar-refractivity contribution in [2.75, 3.05) is 13.2 Å². The van der Waals surface area contributed by atoms with E-state index in [1.165, 1.54) is 28.4 Å². The third-order valence-electron chi connectivity index (χ3n) is 5.21. The third kappa shape index (κ3) is 3.74. The Bertz CT molecular complexity index is 953. The summed E-state index contributed by atoms with van der Waals surface area (Å²) in [6, 6.07) is 7.39. The van der Waals surface area contributed by atoms with E-state index in [0.717, 1.165) is 5.56 Å². The summed E-state index contributed by atoms with van der Waals surface area (Å²) in [5, 5.41) is 31.3. The zero-order valence-corrected chi connectivity index (χ0v) is 18.0. The molecule has 10 nitrogen and oxygen atoms in total. The van der Waals surface area contributed by atoms with Gasteiger partial charge in [0, 0.05) is 12.8 Å². The lowest BCUT2D eigenvalue weighted by Gasteiger charge is -2.42. The highest BCUT2D eigenvalue weighted by Gasteiger charge is 2.63. The molecule has 0 bridgehead atoms. The molecule has 2 N–H and O–H groups in total. The Morgan fingerprint density at radius 3 is 2.77 bits per heavy atom. The van der Waals surface area contributed by atoms with Gasteiger partial charge in [-0.2, -0.15) is 0 Å². The van der Waals surface area contributed by atoms with Crippen molar-refractivity contribution in [3.8, 4) is 5.75 Å². The second-order valence-electron chi connectivity index (χ2n) is 7.35. The molecule has 12 heteroatoms. The fraction of sp³-hybridized carbons (Fsp3) is 0.500. The number of aliphatic hydroxyl groups excluding tert-OH is 1. The molecule has 2 aromatic rings. The normalized spacial score (nSPS) is 26.2. The average Bonchev–Trinajstić information content (AvgIpc) is 3.27. The van der Waals surface area contributed by atoms with Gasteiger partial charge < -0.3 is 19.8 Å². The summed E-state index contributed by atoms with van der Waals surface area (Å²) in [5.41, 5.74) is 1.05. The maximum atomic E-state index is 12.2. The first-order valence-corrected chi connectivity index (χ1v) is 11.1. The molecule has 0 saturated carbocycles. The van der Waals surface area contributed by atoms with Crippen molar-refractivity contribution in [2.24, 2.45) is 13.0 Å². The average molecular weight is 452 g/mol. The molecule has 4 atom stereocenters. The van der Waals surface area contributed by atoms with Gasteiger partial charge in [-0.1, -0.05) is 23.9 Å². The number of aromatic nitrogens is 4. The lowest BCUT2D eigenvalue weighted by molar-refractivity contribution is -0.156. The van der Waals surface area contributed by atoms with Gasteiger partial charge in [0.15, 0.2) is 4.75 Å². The summed E-state index contributed by atoms with van der Waals surface area (Å²) in [5.74, 6) is -0.548. The van der Waals surface area contributed by atoms with Crippen LogP contribution >= 0.6 is 23.5 Å². The summed E-state index contributed by atoms with van der Waals surface area (Å²) in [6.07, 6.45) is -0.806. The number of β-lactam (4-membered cyclic amide) rings is 1. The molecule has 0 aliphatic carbocycles. The van der Waals surface area contributed by atoms with Crippen LogP contribution in [0.4, 0.5) is 0 Å². The van der Waals surface area contributed by atoms with Crippen molar-refractivity contribution in [3.63, 3.8) is 0 Å². The number of rotatable bonds is 8. The Balaban J connectivity index is 1.36. The highest BCUT2D eigenvalue weighted by atomic mass is 32.2. The molecule has 2 aliphatic rings. The number of benzene rings is 1. The van der Waals surface area contributed by atoms with Gasteiger partial charge >= 0.3 is 5.97 Å². The molecule has 1 amide bonds. The quantitative estimate of drug-likeness (QED) is 0.435. The second kappa shape index (κ2) is 8.08. The molecule has 30 heavy (non-hydrogen) atoms. The van der Waals surface area contributed by atoms with Crippen molar-refractivity contribution < 1.29 is 24.5 Å². The number of hydrogen-bond donors (Lipinski definition) is 2. The van der Waals surface area contributed by atoms with E-state index >= 15 is 0 Å². The summed E-state index contributed by atoms with van der Waals surface area (Å²) in [6.45, 7) is 1.55. The van der Waals surface area contributed by atoms with Crippen LogP contribution in [0.2, 0.25) is 0 Å². The smallest absolute Gasteiger partial charge is 0.325 e. The number of carboxylic acid groups (broad SMARTS) is 1. The molecule has 4 rings (SSSR count). The van der Waals surface area contributed by atoms with E-state index < -0.39 is 22.7 Å². The Hall–Kier alpha value is -2.31. The predicted octanol–water partition coefficient (Wildman–Crippen LogP) is 0.617. The second-order valence-corrected chi connectivity index (χ2v) is 9.79. The van der Waals surface area contributed by atoms with Gasteiger partial charge in [0.2, 0.25) is 11.1 Å². The maximum absolute atomic E-state index is 12.2. The van der Waals surface area contributed by atoms with Gasteiger partial charge in [0.25, 0.3) is 0 Å². The largest absolute Gasteiger partial charge is 0.491 e. The lowest BCUT2D eigenvalue weighted by atomic mass is 9.92. The van der Waals surface area contributed by atoms with Crippen LogP contribution < -0.4 is 4.74 Å². The number of carbonyl (C=O) groups excluding carboxylic acids is 1. The zero-order chi connectivity index (χ0) is 21.5. The number of fused-ring (bicyclic) bond motifs is 1. The molecule has 2 saturated heterocycles.